The number of fused-ring (bicyclic) bond motifs is 7. The smallest absolute Gasteiger partial charge is 0.204 e. The van der Waals surface area contributed by atoms with Crippen molar-refractivity contribution in [3.8, 4) is 22.3 Å². The Bertz CT molecular complexity index is 2850. The summed E-state index contributed by atoms with van der Waals surface area (Å²) < 4.78 is 2.51. The largest absolute Gasteiger partial charge is 0.331 e. The van der Waals surface area contributed by atoms with Gasteiger partial charge in [-0.1, -0.05) is 182 Å². The fourth-order valence-corrected chi connectivity index (χ4v) is 9.90. The summed E-state index contributed by atoms with van der Waals surface area (Å²) in [6.07, 6.45) is 7.50. The maximum absolute atomic E-state index is 5.55. The first-order valence-electron chi connectivity index (χ1n) is 19.8. The first kappa shape index (κ1) is 32.6. The summed E-state index contributed by atoms with van der Waals surface area (Å²) in [6.45, 7) is 0. The van der Waals surface area contributed by atoms with Gasteiger partial charge in [0.2, 0.25) is 6.29 Å². The van der Waals surface area contributed by atoms with Crippen LogP contribution in [0.15, 0.2) is 198 Å². The highest BCUT2D eigenvalue weighted by Crippen LogP contribution is 2.61. The lowest BCUT2D eigenvalue weighted by Gasteiger charge is -2.42. The predicted molar refractivity (Wildman–Crippen MR) is 231 cm³/mol. The fourth-order valence-electron chi connectivity index (χ4n) is 9.90. The first-order chi connectivity index (χ1) is 27.8. The Labute approximate surface area is 327 Å². The van der Waals surface area contributed by atoms with Crippen molar-refractivity contribution in [1.82, 2.24) is 9.88 Å². The van der Waals surface area contributed by atoms with Crippen molar-refractivity contribution < 1.29 is 0 Å². The van der Waals surface area contributed by atoms with E-state index < -0.39 is 6.29 Å². The van der Waals surface area contributed by atoms with Gasteiger partial charge in [0.1, 0.15) is 5.84 Å². The Morgan fingerprint density at radius 3 is 1.96 bits per heavy atom. The van der Waals surface area contributed by atoms with Crippen LogP contribution in [0, 0.1) is 5.92 Å². The molecule has 7 aromatic carbocycles. The molecule has 11 rings (SSSR count). The van der Waals surface area contributed by atoms with Gasteiger partial charge in [-0.2, -0.15) is 0 Å². The Hall–Kier alpha value is -6.78. The first-order valence-corrected chi connectivity index (χ1v) is 19.8. The molecule has 3 unspecified atom stereocenters. The number of allylic oxidation sites excluding steroid dienone is 2. The monoisotopic (exact) mass is 720 g/mol. The Morgan fingerprint density at radius 2 is 1.23 bits per heavy atom. The fraction of sp³-hybridized carbons (Fsp3) is 0.115. The lowest BCUT2D eigenvalue weighted by Crippen LogP contribution is -2.39. The van der Waals surface area contributed by atoms with Crippen LogP contribution in [-0.4, -0.2) is 16.2 Å². The SMILES string of the molecule is C1=CCC(C2(c3ccccc3)c3ccccc3-c3ccc4c5ccc(-c6ccccc6)cc5n(C5N=C(c6ccccc6)N=C(c6ccccc6)N5)c4c32)CC1. The molecule has 56 heavy (non-hydrogen) atoms. The van der Waals surface area contributed by atoms with Gasteiger partial charge in [0, 0.05) is 21.9 Å². The van der Waals surface area contributed by atoms with Gasteiger partial charge in [0.05, 0.1) is 16.4 Å². The zero-order chi connectivity index (χ0) is 37.1. The van der Waals surface area contributed by atoms with Crippen molar-refractivity contribution in [3.63, 3.8) is 0 Å². The summed E-state index contributed by atoms with van der Waals surface area (Å²) in [5.41, 5.74) is 13.1. The number of hydrogen-bond donors (Lipinski definition) is 1. The highest BCUT2D eigenvalue weighted by atomic mass is 15.3. The minimum Gasteiger partial charge on any atom is -0.331 e. The summed E-state index contributed by atoms with van der Waals surface area (Å²) in [5, 5.41) is 6.34. The molecule has 0 saturated carbocycles. The lowest BCUT2D eigenvalue weighted by molar-refractivity contribution is 0.350. The molecule has 4 nitrogen and oxygen atoms in total. The number of rotatable bonds is 6. The third kappa shape index (κ3) is 4.99. The van der Waals surface area contributed by atoms with Crippen LogP contribution in [0.3, 0.4) is 0 Å². The van der Waals surface area contributed by atoms with Crippen LogP contribution in [0.5, 0.6) is 0 Å². The van der Waals surface area contributed by atoms with Crippen molar-refractivity contribution in [1.29, 1.82) is 0 Å². The molecular formula is C52H40N4. The van der Waals surface area contributed by atoms with Gasteiger partial charge in [0.25, 0.3) is 0 Å². The molecule has 3 atom stereocenters. The van der Waals surface area contributed by atoms with Crippen molar-refractivity contribution in [2.24, 2.45) is 15.9 Å². The Kier molecular flexibility index (Phi) is 7.70. The number of benzene rings is 7. The average molecular weight is 721 g/mol. The quantitative estimate of drug-likeness (QED) is 0.171. The van der Waals surface area contributed by atoms with E-state index in [-0.39, 0.29) is 5.41 Å². The molecule has 0 radical (unpaired) electrons. The van der Waals surface area contributed by atoms with Crippen LogP contribution in [0.1, 0.15) is 53.4 Å². The van der Waals surface area contributed by atoms with Gasteiger partial charge >= 0.3 is 0 Å². The maximum atomic E-state index is 5.55. The molecule has 1 N–H and O–H groups in total. The third-order valence-corrected chi connectivity index (χ3v) is 12.3. The van der Waals surface area contributed by atoms with Crippen molar-refractivity contribution in [2.75, 3.05) is 0 Å². The van der Waals surface area contributed by atoms with Gasteiger partial charge in [-0.3, -0.25) is 0 Å². The Balaban J connectivity index is 1.28. The molecule has 2 aliphatic carbocycles. The van der Waals surface area contributed by atoms with E-state index >= 15 is 0 Å². The van der Waals surface area contributed by atoms with Crippen LogP contribution in [0.4, 0.5) is 0 Å². The molecule has 2 heterocycles. The summed E-state index contributed by atoms with van der Waals surface area (Å²) in [7, 11) is 0. The van der Waals surface area contributed by atoms with Gasteiger partial charge in [-0.05, 0) is 70.2 Å². The summed E-state index contributed by atoms with van der Waals surface area (Å²) in [6, 6.07) is 63.8. The standard InChI is InChI=1S/C52H40N4/c1-6-18-35(19-7-1)38-30-31-42-44-33-32-43-41-28-16-17-29-45(41)52(39-24-12-4-13-25-39,40-26-14-5-15-27-40)47(43)48(44)56(46(42)34-38)51-54-49(36-20-8-2-9-21-36)53-50(55-51)37-22-10-3-11-23-37/h1-14,16-25,28-34,40,51H,15,26-27H2,(H,53,54,55). The van der Waals surface area contributed by atoms with Crippen LogP contribution < -0.4 is 5.32 Å². The van der Waals surface area contributed by atoms with E-state index in [1.165, 1.54) is 55.2 Å². The third-order valence-electron chi connectivity index (χ3n) is 12.3. The van der Waals surface area contributed by atoms with E-state index in [1.807, 2.05) is 6.07 Å². The van der Waals surface area contributed by atoms with E-state index in [0.717, 1.165) is 41.7 Å². The van der Waals surface area contributed by atoms with Crippen molar-refractivity contribution in [3.05, 3.63) is 216 Å². The number of nitrogens with one attached hydrogen (secondary N) is 1. The second kappa shape index (κ2) is 13.2. The number of amidine groups is 2. The van der Waals surface area contributed by atoms with E-state index in [1.54, 1.807) is 0 Å². The highest BCUT2D eigenvalue weighted by molar-refractivity contribution is 6.15. The molecule has 0 saturated heterocycles. The molecule has 4 heteroatoms. The molecular weight excluding hydrogens is 681 g/mol. The molecule has 0 bridgehead atoms. The number of aromatic nitrogens is 1. The predicted octanol–water partition coefficient (Wildman–Crippen LogP) is 12.1. The number of hydrogen-bond acceptors (Lipinski definition) is 3. The van der Waals surface area contributed by atoms with Gasteiger partial charge in [-0.15, -0.1) is 0 Å². The van der Waals surface area contributed by atoms with E-state index in [4.69, 9.17) is 9.98 Å². The van der Waals surface area contributed by atoms with E-state index in [9.17, 15) is 0 Å². The molecule has 1 aromatic heterocycles. The molecule has 0 spiro atoms. The minimum absolute atomic E-state index is 0.360. The lowest BCUT2D eigenvalue weighted by atomic mass is 9.60. The zero-order valence-electron chi connectivity index (χ0n) is 31.0. The number of nitrogens with zero attached hydrogens (tertiary/aromatic N) is 3. The number of aliphatic imine (C=N–C) groups is 2. The average Bonchev–Trinajstić information content (AvgIpc) is 3.78. The van der Waals surface area contributed by atoms with Gasteiger partial charge in [-0.25, -0.2) is 9.98 Å². The van der Waals surface area contributed by atoms with Gasteiger partial charge in [0.15, 0.2) is 5.84 Å². The molecule has 0 amide bonds. The second-order valence-corrected chi connectivity index (χ2v) is 15.2. The summed E-state index contributed by atoms with van der Waals surface area (Å²) in [5.74, 6) is 1.88. The molecule has 268 valence electrons. The van der Waals surface area contributed by atoms with Crippen molar-refractivity contribution in [2.45, 2.75) is 31.0 Å². The van der Waals surface area contributed by atoms with E-state index in [0.29, 0.717) is 11.8 Å². The molecule has 0 fully saturated rings. The normalized spacial score (nSPS) is 19.9. The maximum Gasteiger partial charge on any atom is 0.204 e. The summed E-state index contributed by atoms with van der Waals surface area (Å²) >= 11 is 0. The Morgan fingerprint density at radius 1 is 0.571 bits per heavy atom. The van der Waals surface area contributed by atoms with Crippen LogP contribution in [0.25, 0.3) is 44.1 Å². The van der Waals surface area contributed by atoms with Crippen molar-refractivity contribution >= 4 is 33.5 Å². The molecule has 8 aromatic rings. The highest BCUT2D eigenvalue weighted by Gasteiger charge is 2.51. The van der Waals surface area contributed by atoms with E-state index in [2.05, 4.69) is 192 Å². The van der Waals surface area contributed by atoms with Crippen LogP contribution >= 0.6 is 0 Å². The van der Waals surface area contributed by atoms with Gasteiger partial charge < -0.3 is 9.88 Å². The summed E-state index contributed by atoms with van der Waals surface area (Å²) in [4.78, 5) is 10.7. The second-order valence-electron chi connectivity index (χ2n) is 15.2. The molecule has 3 aliphatic rings. The molecule has 1 aliphatic heterocycles. The zero-order valence-corrected chi connectivity index (χ0v) is 31.0. The topological polar surface area (TPSA) is 41.7 Å². The van der Waals surface area contributed by atoms with Crippen LogP contribution in [0.2, 0.25) is 0 Å². The van der Waals surface area contributed by atoms with Crippen LogP contribution in [-0.2, 0) is 5.41 Å². The minimum atomic E-state index is -0.487.